The number of carboxylic acids is 1. The minimum absolute atomic E-state index is 0.0307. The van der Waals surface area contributed by atoms with Gasteiger partial charge in [0.05, 0.1) is 12.5 Å². The lowest BCUT2D eigenvalue weighted by Crippen LogP contribution is -2.42. The van der Waals surface area contributed by atoms with Crippen LogP contribution in [0.2, 0.25) is 0 Å². The molecule has 0 amide bonds. The molecular formula is C14H18O4. The van der Waals surface area contributed by atoms with Crippen molar-refractivity contribution >= 4 is 5.97 Å². The van der Waals surface area contributed by atoms with Gasteiger partial charge in [-0.15, -0.1) is 0 Å². The van der Waals surface area contributed by atoms with Gasteiger partial charge in [0.15, 0.2) is 11.5 Å². The van der Waals surface area contributed by atoms with Gasteiger partial charge in [-0.1, -0.05) is 19.4 Å². The molecule has 0 radical (unpaired) electrons. The molecular weight excluding hydrogens is 232 g/mol. The number of hydrogen-bond donors (Lipinski definition) is 2. The molecule has 18 heavy (non-hydrogen) atoms. The molecule has 4 heteroatoms. The summed E-state index contributed by atoms with van der Waals surface area (Å²) >= 11 is 0. The SMILES string of the molecule is CCc1cc(OC)c(O)c(C2(C(=O)O)CCC2)c1. The molecule has 0 spiro atoms. The van der Waals surface area contributed by atoms with E-state index >= 15 is 0 Å². The highest BCUT2D eigenvalue weighted by Gasteiger charge is 2.48. The van der Waals surface area contributed by atoms with Crippen molar-refractivity contribution in [2.75, 3.05) is 7.11 Å². The molecule has 0 bridgehead atoms. The van der Waals surface area contributed by atoms with E-state index in [-0.39, 0.29) is 5.75 Å². The van der Waals surface area contributed by atoms with Crippen molar-refractivity contribution < 1.29 is 19.7 Å². The Hall–Kier alpha value is -1.71. The molecule has 2 rings (SSSR count). The lowest BCUT2D eigenvalue weighted by atomic mass is 9.64. The van der Waals surface area contributed by atoms with Crippen molar-refractivity contribution in [2.45, 2.75) is 38.0 Å². The average molecular weight is 250 g/mol. The first-order chi connectivity index (χ1) is 8.55. The van der Waals surface area contributed by atoms with Crippen LogP contribution in [0.4, 0.5) is 0 Å². The van der Waals surface area contributed by atoms with Crippen molar-refractivity contribution in [1.82, 2.24) is 0 Å². The van der Waals surface area contributed by atoms with Crippen molar-refractivity contribution in [3.8, 4) is 11.5 Å². The smallest absolute Gasteiger partial charge is 0.314 e. The largest absolute Gasteiger partial charge is 0.504 e. The predicted molar refractivity (Wildman–Crippen MR) is 67.2 cm³/mol. The second kappa shape index (κ2) is 4.52. The average Bonchev–Trinajstić information content (AvgIpc) is 2.29. The lowest BCUT2D eigenvalue weighted by molar-refractivity contribution is -0.147. The third-order valence-electron chi connectivity index (χ3n) is 3.89. The zero-order valence-electron chi connectivity index (χ0n) is 10.7. The Balaban J connectivity index is 2.58. The number of ether oxygens (including phenoxy) is 1. The predicted octanol–water partition coefficient (Wildman–Crippen LogP) is 2.47. The van der Waals surface area contributed by atoms with Crippen LogP contribution in [0, 0.1) is 0 Å². The van der Waals surface area contributed by atoms with Crippen molar-refractivity contribution in [1.29, 1.82) is 0 Å². The van der Waals surface area contributed by atoms with E-state index in [1.807, 2.05) is 6.92 Å². The van der Waals surface area contributed by atoms with Gasteiger partial charge in [0.25, 0.3) is 0 Å². The van der Waals surface area contributed by atoms with Gasteiger partial charge in [-0.2, -0.15) is 0 Å². The molecule has 1 aromatic rings. The van der Waals surface area contributed by atoms with Gasteiger partial charge in [-0.25, -0.2) is 0 Å². The van der Waals surface area contributed by atoms with E-state index in [4.69, 9.17) is 4.74 Å². The van der Waals surface area contributed by atoms with Crippen LogP contribution in [0.5, 0.6) is 11.5 Å². The number of methoxy groups -OCH3 is 1. The summed E-state index contributed by atoms with van der Waals surface area (Å²) in [6.45, 7) is 1.99. The maximum atomic E-state index is 11.5. The van der Waals surface area contributed by atoms with Gasteiger partial charge in [0, 0.05) is 5.56 Å². The minimum atomic E-state index is -0.928. The van der Waals surface area contributed by atoms with E-state index in [9.17, 15) is 15.0 Å². The summed E-state index contributed by atoms with van der Waals surface area (Å²) in [5.41, 5.74) is 0.548. The number of carboxylic acid groups (broad SMARTS) is 1. The van der Waals surface area contributed by atoms with Gasteiger partial charge in [-0.05, 0) is 30.9 Å². The standard InChI is InChI=1S/C14H18O4/c1-3-9-7-10(12(15)11(8-9)18-2)14(13(16)17)5-4-6-14/h7-8,15H,3-6H2,1-2H3,(H,16,17). The van der Waals surface area contributed by atoms with E-state index in [0.717, 1.165) is 18.4 Å². The van der Waals surface area contributed by atoms with Crippen LogP contribution in [0.15, 0.2) is 12.1 Å². The van der Waals surface area contributed by atoms with Gasteiger partial charge in [0.2, 0.25) is 0 Å². The normalized spacial score (nSPS) is 17.0. The number of aryl methyl sites for hydroxylation is 1. The molecule has 1 fully saturated rings. The highest BCUT2D eigenvalue weighted by molar-refractivity contribution is 5.84. The van der Waals surface area contributed by atoms with E-state index in [0.29, 0.717) is 24.2 Å². The second-order valence-corrected chi connectivity index (χ2v) is 4.79. The fourth-order valence-corrected chi connectivity index (χ4v) is 2.52. The Labute approximate surface area is 106 Å². The van der Waals surface area contributed by atoms with Crippen LogP contribution in [-0.2, 0) is 16.6 Å². The number of benzene rings is 1. The Morgan fingerprint density at radius 3 is 2.50 bits per heavy atom. The Morgan fingerprint density at radius 1 is 1.44 bits per heavy atom. The molecule has 4 nitrogen and oxygen atoms in total. The molecule has 98 valence electrons. The summed E-state index contributed by atoms with van der Waals surface area (Å²) in [5.74, 6) is -0.534. The van der Waals surface area contributed by atoms with Crippen LogP contribution in [0.25, 0.3) is 0 Å². The maximum absolute atomic E-state index is 11.5. The maximum Gasteiger partial charge on any atom is 0.314 e. The number of aromatic hydroxyl groups is 1. The van der Waals surface area contributed by atoms with Gasteiger partial charge in [-0.3, -0.25) is 4.79 Å². The summed E-state index contributed by atoms with van der Waals surface area (Å²) in [4.78, 5) is 11.5. The van der Waals surface area contributed by atoms with Crippen molar-refractivity contribution in [3.05, 3.63) is 23.3 Å². The molecule has 1 aromatic carbocycles. The summed E-state index contributed by atoms with van der Waals surface area (Å²) < 4.78 is 5.13. The zero-order chi connectivity index (χ0) is 13.3. The van der Waals surface area contributed by atoms with Crippen LogP contribution in [0.3, 0.4) is 0 Å². The Kier molecular flexibility index (Phi) is 3.20. The molecule has 0 heterocycles. The molecule has 1 aliphatic rings. The topological polar surface area (TPSA) is 66.8 Å². The van der Waals surface area contributed by atoms with E-state index in [1.165, 1.54) is 7.11 Å². The Morgan fingerprint density at radius 2 is 2.11 bits per heavy atom. The van der Waals surface area contributed by atoms with Crippen LogP contribution < -0.4 is 4.74 Å². The fourth-order valence-electron chi connectivity index (χ4n) is 2.52. The van der Waals surface area contributed by atoms with Crippen molar-refractivity contribution in [3.63, 3.8) is 0 Å². The number of rotatable bonds is 4. The molecule has 1 aliphatic carbocycles. The third kappa shape index (κ3) is 1.72. The highest BCUT2D eigenvalue weighted by atomic mass is 16.5. The second-order valence-electron chi connectivity index (χ2n) is 4.79. The van der Waals surface area contributed by atoms with Gasteiger partial charge < -0.3 is 14.9 Å². The number of aliphatic carboxylic acids is 1. The monoisotopic (exact) mass is 250 g/mol. The van der Waals surface area contributed by atoms with Crippen molar-refractivity contribution in [2.24, 2.45) is 0 Å². The van der Waals surface area contributed by atoms with E-state index in [2.05, 4.69) is 0 Å². The van der Waals surface area contributed by atoms with E-state index < -0.39 is 11.4 Å². The van der Waals surface area contributed by atoms with Gasteiger partial charge in [0.1, 0.15) is 0 Å². The lowest BCUT2D eigenvalue weighted by Gasteiger charge is -2.38. The number of hydrogen-bond acceptors (Lipinski definition) is 3. The first-order valence-electron chi connectivity index (χ1n) is 6.19. The number of carbonyl (C=O) groups is 1. The summed E-state index contributed by atoms with van der Waals surface area (Å²) in [5, 5.41) is 19.6. The Bertz CT molecular complexity index is 475. The fraction of sp³-hybridized carbons (Fsp3) is 0.500. The number of phenolic OH excluding ortho intramolecular Hbond substituents is 1. The molecule has 0 aromatic heterocycles. The number of phenols is 1. The van der Waals surface area contributed by atoms with E-state index in [1.54, 1.807) is 12.1 Å². The molecule has 1 saturated carbocycles. The first kappa shape index (κ1) is 12.7. The minimum Gasteiger partial charge on any atom is -0.504 e. The molecule has 0 aliphatic heterocycles. The quantitative estimate of drug-likeness (QED) is 0.861. The molecule has 0 unspecified atom stereocenters. The summed E-state index contributed by atoms with van der Waals surface area (Å²) in [6, 6.07) is 3.55. The summed E-state index contributed by atoms with van der Waals surface area (Å²) in [6.07, 6.45) is 2.81. The molecule has 0 atom stereocenters. The van der Waals surface area contributed by atoms with Gasteiger partial charge >= 0.3 is 5.97 Å². The molecule has 0 saturated heterocycles. The third-order valence-corrected chi connectivity index (χ3v) is 3.89. The first-order valence-corrected chi connectivity index (χ1v) is 6.19. The zero-order valence-corrected chi connectivity index (χ0v) is 10.7. The molecule has 2 N–H and O–H groups in total. The van der Waals surface area contributed by atoms with Crippen LogP contribution in [0.1, 0.15) is 37.3 Å². The van der Waals surface area contributed by atoms with Crippen LogP contribution >= 0.6 is 0 Å². The highest BCUT2D eigenvalue weighted by Crippen LogP contribution is 2.49. The summed E-state index contributed by atoms with van der Waals surface area (Å²) in [7, 11) is 1.48. The van der Waals surface area contributed by atoms with Crippen LogP contribution in [-0.4, -0.2) is 23.3 Å².